The van der Waals surface area contributed by atoms with E-state index in [0.717, 1.165) is 16.8 Å². The number of ether oxygens (including phenoxy) is 1. The first-order valence-electron chi connectivity index (χ1n) is 13.9. The van der Waals surface area contributed by atoms with Gasteiger partial charge in [-0.3, -0.25) is 19.8 Å². The number of nitrogens with zero attached hydrogens (tertiary/aromatic N) is 5. The lowest BCUT2D eigenvalue weighted by Crippen LogP contribution is -2.49. The van der Waals surface area contributed by atoms with Crippen molar-refractivity contribution in [1.29, 1.82) is 0 Å². The van der Waals surface area contributed by atoms with Gasteiger partial charge in [0.1, 0.15) is 12.3 Å². The molecule has 0 N–H and O–H groups in total. The summed E-state index contributed by atoms with van der Waals surface area (Å²) in [6, 6.07) is 22.1. The van der Waals surface area contributed by atoms with E-state index in [4.69, 9.17) is 4.74 Å². The molecular weight excluding hydrogens is 522 g/mol. The molecule has 0 unspecified atom stereocenters. The molecule has 2 aliphatic rings. The van der Waals surface area contributed by atoms with Gasteiger partial charge in [0.15, 0.2) is 0 Å². The zero-order valence-electron chi connectivity index (χ0n) is 23.4. The zero-order chi connectivity index (χ0) is 28.9. The van der Waals surface area contributed by atoms with Gasteiger partial charge in [-0.1, -0.05) is 48.5 Å². The number of anilines is 2. The summed E-state index contributed by atoms with van der Waals surface area (Å²) in [5.74, 6) is -0.244. The fourth-order valence-corrected chi connectivity index (χ4v) is 5.52. The molecular formula is C31H35N5O5. The Morgan fingerprint density at radius 2 is 1.68 bits per heavy atom. The Morgan fingerprint density at radius 3 is 2.39 bits per heavy atom. The molecule has 1 saturated heterocycles. The highest BCUT2D eigenvalue weighted by Crippen LogP contribution is 2.35. The molecule has 10 heteroatoms. The van der Waals surface area contributed by atoms with E-state index in [1.165, 1.54) is 6.07 Å². The van der Waals surface area contributed by atoms with E-state index >= 15 is 0 Å². The number of likely N-dealkylation sites (N-methyl/N-ethyl adjacent to an activating group) is 1. The van der Waals surface area contributed by atoms with Gasteiger partial charge in [0.2, 0.25) is 0 Å². The monoisotopic (exact) mass is 557 g/mol. The standard InChI is InChI=1S/C31H35N5O5/c1-32(2)18-19-34(21-23-8-4-3-5-9-23)30(37)24-12-13-28(29(20-24)36(39)40)33-16-14-26(15-17-33)35-27-11-7-6-10-25(27)22-41-31(35)38/h3-13,20,26H,14-19,21-22H2,1-2H3. The van der Waals surface area contributed by atoms with Gasteiger partial charge in [0.25, 0.3) is 11.6 Å². The number of para-hydroxylation sites is 1. The molecule has 0 spiro atoms. The van der Waals surface area contributed by atoms with Crippen LogP contribution in [0.2, 0.25) is 0 Å². The number of piperidine rings is 1. The molecule has 2 aliphatic heterocycles. The van der Waals surface area contributed by atoms with E-state index in [0.29, 0.717) is 51.3 Å². The van der Waals surface area contributed by atoms with Crippen molar-refractivity contribution in [3.05, 3.63) is 99.6 Å². The van der Waals surface area contributed by atoms with Crippen LogP contribution in [0.25, 0.3) is 0 Å². The number of amides is 2. The van der Waals surface area contributed by atoms with Crippen LogP contribution in [0.3, 0.4) is 0 Å². The van der Waals surface area contributed by atoms with Crippen LogP contribution in [0.15, 0.2) is 72.8 Å². The van der Waals surface area contributed by atoms with Crippen molar-refractivity contribution in [1.82, 2.24) is 9.80 Å². The Kier molecular flexibility index (Phi) is 8.49. The van der Waals surface area contributed by atoms with Gasteiger partial charge in [0, 0.05) is 56.0 Å². The average Bonchev–Trinajstić information content (AvgIpc) is 2.99. The minimum Gasteiger partial charge on any atom is -0.444 e. The van der Waals surface area contributed by atoms with Crippen LogP contribution in [0.4, 0.5) is 21.9 Å². The minimum absolute atomic E-state index is 0.0663. The average molecular weight is 558 g/mol. The highest BCUT2D eigenvalue weighted by Gasteiger charge is 2.35. The van der Waals surface area contributed by atoms with Gasteiger partial charge in [-0.2, -0.15) is 0 Å². The van der Waals surface area contributed by atoms with Crippen molar-refractivity contribution in [2.24, 2.45) is 0 Å². The summed E-state index contributed by atoms with van der Waals surface area (Å²) in [4.78, 5) is 45.5. The first-order valence-corrected chi connectivity index (χ1v) is 13.9. The number of nitro benzene ring substituents is 1. The lowest BCUT2D eigenvalue weighted by molar-refractivity contribution is -0.384. The van der Waals surface area contributed by atoms with Crippen molar-refractivity contribution < 1.29 is 19.2 Å². The second kappa shape index (κ2) is 12.4. The molecule has 3 aromatic rings. The van der Waals surface area contributed by atoms with Crippen LogP contribution in [0, 0.1) is 10.1 Å². The van der Waals surface area contributed by atoms with Crippen LogP contribution >= 0.6 is 0 Å². The Hall–Kier alpha value is -4.44. The summed E-state index contributed by atoms with van der Waals surface area (Å²) < 4.78 is 5.40. The predicted octanol–water partition coefficient (Wildman–Crippen LogP) is 4.92. The first kappa shape index (κ1) is 28.1. The van der Waals surface area contributed by atoms with E-state index in [-0.39, 0.29) is 35.9 Å². The number of hydrogen-bond donors (Lipinski definition) is 0. The maximum atomic E-state index is 13.6. The van der Waals surface area contributed by atoms with Crippen LogP contribution in [0.5, 0.6) is 0 Å². The van der Waals surface area contributed by atoms with Gasteiger partial charge in [-0.25, -0.2) is 4.79 Å². The van der Waals surface area contributed by atoms with Gasteiger partial charge in [-0.15, -0.1) is 0 Å². The van der Waals surface area contributed by atoms with Crippen LogP contribution in [-0.2, 0) is 17.9 Å². The second-order valence-corrected chi connectivity index (χ2v) is 10.7. The Labute approximate surface area is 239 Å². The number of nitro groups is 1. The SMILES string of the molecule is CN(C)CCN(Cc1ccccc1)C(=O)c1ccc(N2CCC(N3C(=O)OCc4ccccc43)CC2)c([N+](=O)[O-])c1. The van der Waals surface area contributed by atoms with Crippen LogP contribution in [0.1, 0.15) is 34.3 Å². The van der Waals surface area contributed by atoms with Crippen molar-refractivity contribution in [3.8, 4) is 0 Å². The third kappa shape index (κ3) is 6.33. The fraction of sp³-hybridized carbons (Fsp3) is 0.355. The number of carbonyl (C=O) groups is 2. The van der Waals surface area contributed by atoms with E-state index in [1.54, 1.807) is 21.9 Å². The van der Waals surface area contributed by atoms with E-state index in [9.17, 15) is 19.7 Å². The Bertz CT molecular complexity index is 1410. The number of rotatable bonds is 9. The molecule has 3 aromatic carbocycles. The van der Waals surface area contributed by atoms with Crippen molar-refractivity contribution >= 4 is 29.1 Å². The van der Waals surface area contributed by atoms with E-state index in [2.05, 4.69) is 0 Å². The van der Waals surface area contributed by atoms with Crippen LogP contribution in [-0.4, -0.2) is 73.0 Å². The lowest BCUT2D eigenvalue weighted by atomic mass is 9.99. The Balaban J connectivity index is 1.33. The van der Waals surface area contributed by atoms with Gasteiger partial charge in [0.05, 0.1) is 10.6 Å². The third-order valence-electron chi connectivity index (χ3n) is 7.71. The molecule has 41 heavy (non-hydrogen) atoms. The molecule has 0 radical (unpaired) electrons. The van der Waals surface area contributed by atoms with E-state index < -0.39 is 4.92 Å². The molecule has 2 amide bonds. The predicted molar refractivity (Wildman–Crippen MR) is 157 cm³/mol. The topological polar surface area (TPSA) is 99.5 Å². The smallest absolute Gasteiger partial charge is 0.414 e. The van der Waals surface area contributed by atoms with Gasteiger partial charge >= 0.3 is 6.09 Å². The molecule has 5 rings (SSSR count). The number of carbonyl (C=O) groups excluding carboxylic acids is 2. The summed E-state index contributed by atoms with van der Waals surface area (Å²) >= 11 is 0. The normalized spacial score (nSPS) is 15.4. The van der Waals surface area contributed by atoms with Crippen LogP contribution < -0.4 is 9.80 Å². The van der Waals surface area contributed by atoms with E-state index in [1.807, 2.05) is 78.5 Å². The molecule has 1 fully saturated rings. The summed E-state index contributed by atoms with van der Waals surface area (Å²) in [6.45, 7) is 2.91. The molecule has 214 valence electrons. The third-order valence-corrected chi connectivity index (χ3v) is 7.71. The molecule has 10 nitrogen and oxygen atoms in total. The summed E-state index contributed by atoms with van der Waals surface area (Å²) in [6.07, 6.45) is 0.915. The van der Waals surface area contributed by atoms with Crippen molar-refractivity contribution in [2.45, 2.75) is 32.0 Å². The Morgan fingerprint density at radius 1 is 0.976 bits per heavy atom. The van der Waals surface area contributed by atoms with Crippen molar-refractivity contribution in [2.75, 3.05) is 50.1 Å². The quantitative estimate of drug-likeness (QED) is 0.272. The fourth-order valence-electron chi connectivity index (χ4n) is 5.52. The highest BCUT2D eigenvalue weighted by atomic mass is 16.6. The summed E-state index contributed by atoms with van der Waals surface area (Å²) in [5.41, 5.74) is 3.51. The molecule has 0 atom stereocenters. The largest absolute Gasteiger partial charge is 0.444 e. The first-order chi connectivity index (χ1) is 19.8. The highest BCUT2D eigenvalue weighted by molar-refractivity contribution is 5.96. The molecule has 2 heterocycles. The maximum Gasteiger partial charge on any atom is 0.414 e. The molecule has 0 saturated carbocycles. The number of benzene rings is 3. The second-order valence-electron chi connectivity index (χ2n) is 10.7. The molecule has 0 bridgehead atoms. The van der Waals surface area contributed by atoms with Gasteiger partial charge < -0.3 is 19.4 Å². The molecule has 0 aromatic heterocycles. The maximum absolute atomic E-state index is 13.6. The summed E-state index contributed by atoms with van der Waals surface area (Å²) in [7, 11) is 3.89. The number of hydrogen-bond acceptors (Lipinski definition) is 7. The minimum atomic E-state index is -0.419. The number of fused-ring (bicyclic) bond motifs is 1. The van der Waals surface area contributed by atoms with Crippen molar-refractivity contribution in [3.63, 3.8) is 0 Å². The molecule has 0 aliphatic carbocycles. The van der Waals surface area contributed by atoms with Gasteiger partial charge in [-0.05, 0) is 50.7 Å². The summed E-state index contributed by atoms with van der Waals surface area (Å²) in [5, 5.41) is 12.2. The number of cyclic esters (lactones) is 1. The lowest BCUT2D eigenvalue weighted by Gasteiger charge is -2.40. The zero-order valence-corrected chi connectivity index (χ0v) is 23.4.